The number of rotatable bonds is 4. The third kappa shape index (κ3) is 3.15. The van der Waals surface area contributed by atoms with E-state index in [-0.39, 0.29) is 6.61 Å². The molecule has 0 unspecified atom stereocenters. The highest BCUT2D eigenvalue weighted by molar-refractivity contribution is 9.10. The van der Waals surface area contributed by atoms with Gasteiger partial charge in [-0.1, -0.05) is 15.9 Å². The van der Waals surface area contributed by atoms with E-state index in [4.69, 9.17) is 15.0 Å². The Bertz CT molecular complexity index is 595. The van der Waals surface area contributed by atoms with Crippen molar-refractivity contribution in [2.45, 2.75) is 13.5 Å². The van der Waals surface area contributed by atoms with Crippen molar-refractivity contribution < 1.29 is 13.9 Å². The van der Waals surface area contributed by atoms with Crippen molar-refractivity contribution in [2.75, 3.05) is 0 Å². The van der Waals surface area contributed by atoms with Crippen LogP contribution >= 0.6 is 15.9 Å². The van der Waals surface area contributed by atoms with Crippen LogP contribution in [0.15, 0.2) is 39.4 Å². The minimum absolute atomic E-state index is 0.165. The van der Waals surface area contributed by atoms with E-state index in [1.165, 1.54) is 6.26 Å². The largest absolute Gasteiger partial charge is 0.485 e. The zero-order valence-corrected chi connectivity index (χ0v) is 11.9. The van der Waals surface area contributed by atoms with Gasteiger partial charge in [0.25, 0.3) is 5.91 Å². The summed E-state index contributed by atoms with van der Waals surface area (Å²) in [5.41, 5.74) is 3.43. The first-order chi connectivity index (χ1) is 9.11. The van der Waals surface area contributed by atoms with E-state index in [0.717, 1.165) is 15.8 Å². The third-order valence-corrected chi connectivity index (χ3v) is 3.11. The number of nitrogens with one attached hydrogen (secondary N) is 1. The molecule has 0 aliphatic heterocycles. The van der Waals surface area contributed by atoms with Gasteiger partial charge < -0.3 is 9.15 Å². The molecule has 2 aromatic rings. The molecule has 1 aromatic carbocycles. The molecule has 6 heteroatoms. The highest BCUT2D eigenvalue weighted by atomic mass is 79.9. The molecule has 0 aliphatic carbocycles. The molecule has 19 heavy (non-hydrogen) atoms. The number of nitrogens with two attached hydrogens (primary N) is 1. The summed E-state index contributed by atoms with van der Waals surface area (Å²) in [6.07, 6.45) is 1.43. The van der Waals surface area contributed by atoms with E-state index in [0.29, 0.717) is 11.3 Å². The van der Waals surface area contributed by atoms with Gasteiger partial charge in [-0.05, 0) is 36.8 Å². The molecule has 0 atom stereocenters. The van der Waals surface area contributed by atoms with Gasteiger partial charge in [-0.15, -0.1) is 0 Å². The fraction of sp³-hybridized carbons (Fsp3) is 0.154. The van der Waals surface area contributed by atoms with E-state index in [1.54, 1.807) is 6.07 Å². The minimum atomic E-state index is -0.403. The van der Waals surface area contributed by atoms with E-state index in [1.807, 2.05) is 25.1 Å². The van der Waals surface area contributed by atoms with Crippen molar-refractivity contribution in [3.05, 3.63) is 51.9 Å². The summed E-state index contributed by atoms with van der Waals surface area (Å²) in [6.45, 7) is 2.11. The number of amides is 1. The Morgan fingerprint density at radius 3 is 2.95 bits per heavy atom. The van der Waals surface area contributed by atoms with Gasteiger partial charge in [0.2, 0.25) is 0 Å². The number of carbonyl (C=O) groups is 1. The molecular weight excluding hydrogens is 312 g/mol. The Hall–Kier alpha value is -1.79. The first-order valence-electron chi connectivity index (χ1n) is 5.58. The fourth-order valence-corrected chi connectivity index (χ4v) is 2.13. The maximum atomic E-state index is 11.5. The molecule has 100 valence electrons. The molecule has 0 saturated carbocycles. The van der Waals surface area contributed by atoms with Crippen LogP contribution in [0, 0.1) is 6.92 Å². The average molecular weight is 325 g/mol. The number of aryl methyl sites for hydroxylation is 1. The van der Waals surface area contributed by atoms with Crippen molar-refractivity contribution in [1.82, 2.24) is 5.43 Å². The highest BCUT2D eigenvalue weighted by Crippen LogP contribution is 2.23. The molecule has 3 N–H and O–H groups in total. The quantitative estimate of drug-likeness (QED) is 0.514. The maximum absolute atomic E-state index is 11.5. The standard InChI is InChI=1S/C13H13BrN2O3/c1-8-6-9(14)2-3-11(8)19-7-12-10(4-5-18-12)13(17)16-15/h2-6H,7,15H2,1H3,(H,16,17). The lowest BCUT2D eigenvalue weighted by molar-refractivity contribution is 0.0949. The monoisotopic (exact) mass is 324 g/mol. The second kappa shape index (κ2) is 5.90. The fourth-order valence-electron chi connectivity index (χ4n) is 1.65. The van der Waals surface area contributed by atoms with Gasteiger partial charge in [-0.25, -0.2) is 5.84 Å². The molecule has 1 heterocycles. The van der Waals surface area contributed by atoms with Crippen LogP contribution in [0.25, 0.3) is 0 Å². The topological polar surface area (TPSA) is 77.5 Å². The summed E-state index contributed by atoms with van der Waals surface area (Å²) in [5.74, 6) is 5.86. The molecule has 0 aliphatic rings. The van der Waals surface area contributed by atoms with Gasteiger partial charge in [0.05, 0.1) is 11.8 Å². The zero-order chi connectivity index (χ0) is 13.8. The Morgan fingerprint density at radius 1 is 1.47 bits per heavy atom. The van der Waals surface area contributed by atoms with Crippen LogP contribution in [0.2, 0.25) is 0 Å². The highest BCUT2D eigenvalue weighted by Gasteiger charge is 2.14. The molecule has 2 rings (SSSR count). The van der Waals surface area contributed by atoms with E-state index in [2.05, 4.69) is 21.4 Å². The van der Waals surface area contributed by atoms with Gasteiger partial charge in [0.15, 0.2) is 5.76 Å². The molecule has 0 radical (unpaired) electrons. The van der Waals surface area contributed by atoms with Crippen molar-refractivity contribution in [1.29, 1.82) is 0 Å². The summed E-state index contributed by atoms with van der Waals surface area (Å²) in [5, 5.41) is 0. The number of nitrogen functional groups attached to an aromatic ring is 1. The number of benzene rings is 1. The average Bonchev–Trinajstić information content (AvgIpc) is 2.85. The third-order valence-electron chi connectivity index (χ3n) is 2.62. The van der Waals surface area contributed by atoms with Crippen LogP contribution in [-0.2, 0) is 6.61 Å². The predicted molar refractivity (Wildman–Crippen MR) is 73.6 cm³/mol. The number of furan rings is 1. The summed E-state index contributed by atoms with van der Waals surface area (Å²) in [7, 11) is 0. The van der Waals surface area contributed by atoms with Crippen LogP contribution in [0.5, 0.6) is 5.75 Å². The lowest BCUT2D eigenvalue weighted by Crippen LogP contribution is -2.30. The smallest absolute Gasteiger partial charge is 0.268 e. The summed E-state index contributed by atoms with van der Waals surface area (Å²) in [6, 6.07) is 7.24. The first kappa shape index (κ1) is 13.6. The Labute approximate surface area is 118 Å². The first-order valence-corrected chi connectivity index (χ1v) is 6.37. The molecule has 5 nitrogen and oxygen atoms in total. The van der Waals surface area contributed by atoms with Gasteiger partial charge >= 0.3 is 0 Å². The van der Waals surface area contributed by atoms with Crippen LogP contribution < -0.4 is 16.0 Å². The zero-order valence-electron chi connectivity index (χ0n) is 10.3. The van der Waals surface area contributed by atoms with E-state index >= 15 is 0 Å². The number of hydrogen-bond donors (Lipinski definition) is 2. The summed E-state index contributed by atoms with van der Waals surface area (Å²) >= 11 is 3.39. The van der Waals surface area contributed by atoms with Gasteiger partial charge in [0.1, 0.15) is 12.4 Å². The van der Waals surface area contributed by atoms with Crippen LogP contribution in [0.4, 0.5) is 0 Å². The Kier molecular flexibility index (Phi) is 4.24. The second-order valence-electron chi connectivity index (χ2n) is 3.93. The normalized spacial score (nSPS) is 10.3. The van der Waals surface area contributed by atoms with Gasteiger partial charge in [-0.2, -0.15) is 0 Å². The lowest BCUT2D eigenvalue weighted by Gasteiger charge is -2.08. The van der Waals surface area contributed by atoms with Gasteiger partial charge in [0, 0.05) is 4.47 Å². The number of hydrogen-bond acceptors (Lipinski definition) is 4. The van der Waals surface area contributed by atoms with E-state index < -0.39 is 5.91 Å². The molecular formula is C13H13BrN2O3. The van der Waals surface area contributed by atoms with Crippen molar-refractivity contribution >= 4 is 21.8 Å². The van der Waals surface area contributed by atoms with Crippen LogP contribution in [-0.4, -0.2) is 5.91 Å². The second-order valence-corrected chi connectivity index (χ2v) is 4.85. The number of ether oxygens (including phenoxy) is 1. The van der Waals surface area contributed by atoms with E-state index in [9.17, 15) is 4.79 Å². The minimum Gasteiger partial charge on any atom is -0.485 e. The van der Waals surface area contributed by atoms with Crippen LogP contribution in [0.3, 0.4) is 0 Å². The Morgan fingerprint density at radius 2 is 2.26 bits per heavy atom. The molecule has 0 spiro atoms. The Balaban J connectivity index is 2.10. The summed E-state index contributed by atoms with van der Waals surface area (Å²) in [4.78, 5) is 11.5. The molecule has 1 aromatic heterocycles. The molecule has 0 bridgehead atoms. The number of halogens is 1. The number of hydrazine groups is 1. The molecule has 1 amide bonds. The molecule has 0 saturated heterocycles. The number of carbonyl (C=O) groups excluding carboxylic acids is 1. The summed E-state index contributed by atoms with van der Waals surface area (Å²) < 4.78 is 11.8. The van der Waals surface area contributed by atoms with Crippen molar-refractivity contribution in [2.24, 2.45) is 5.84 Å². The maximum Gasteiger partial charge on any atom is 0.268 e. The lowest BCUT2D eigenvalue weighted by atomic mass is 10.2. The molecule has 0 fully saturated rings. The van der Waals surface area contributed by atoms with Gasteiger partial charge in [-0.3, -0.25) is 10.2 Å². The predicted octanol–water partition coefficient (Wildman–Crippen LogP) is 2.53. The van der Waals surface area contributed by atoms with Crippen molar-refractivity contribution in [3.63, 3.8) is 0 Å². The van der Waals surface area contributed by atoms with Crippen LogP contribution in [0.1, 0.15) is 21.7 Å². The SMILES string of the molecule is Cc1cc(Br)ccc1OCc1occc1C(=O)NN. The van der Waals surface area contributed by atoms with Crippen molar-refractivity contribution in [3.8, 4) is 5.75 Å².